The van der Waals surface area contributed by atoms with Crippen molar-refractivity contribution in [2.75, 3.05) is 43.4 Å². The molecule has 7 nitrogen and oxygen atoms in total. The molecule has 7 heteroatoms. The maximum Gasteiger partial charge on any atom is 0.293 e. The number of nitrogens with one attached hydrogen (secondary N) is 1. The van der Waals surface area contributed by atoms with Crippen molar-refractivity contribution in [3.05, 3.63) is 63.7 Å². The van der Waals surface area contributed by atoms with Crippen LogP contribution in [0.4, 0.5) is 17.1 Å². The van der Waals surface area contributed by atoms with Crippen molar-refractivity contribution in [1.29, 1.82) is 0 Å². The molecule has 2 aromatic rings. The summed E-state index contributed by atoms with van der Waals surface area (Å²) in [6.45, 7) is 7.37. The zero-order chi connectivity index (χ0) is 20.3. The topological polar surface area (TPSA) is 78.7 Å². The van der Waals surface area contributed by atoms with Gasteiger partial charge in [-0.2, -0.15) is 0 Å². The van der Waals surface area contributed by atoms with Crippen molar-refractivity contribution in [2.24, 2.45) is 0 Å². The lowest BCUT2D eigenvalue weighted by molar-refractivity contribution is -0.384. The Hall–Kier alpha value is -2.93. The van der Waals surface area contributed by atoms with Gasteiger partial charge in [0, 0.05) is 43.5 Å². The minimum absolute atomic E-state index is 0.0349. The van der Waals surface area contributed by atoms with E-state index in [1.807, 2.05) is 36.2 Å². The van der Waals surface area contributed by atoms with Gasteiger partial charge in [0.1, 0.15) is 5.69 Å². The minimum Gasteiger partial charge on any atom is -0.363 e. The molecule has 1 aliphatic heterocycles. The molecular formula is C21H26N4O3. The summed E-state index contributed by atoms with van der Waals surface area (Å²) in [6, 6.07) is 12.3. The number of hydrogen-bond acceptors (Lipinski definition) is 5. The van der Waals surface area contributed by atoms with Crippen LogP contribution in [0.25, 0.3) is 0 Å². The maximum absolute atomic E-state index is 12.6. The molecule has 1 fully saturated rings. The molecular weight excluding hydrogens is 356 g/mol. The van der Waals surface area contributed by atoms with E-state index in [0.717, 1.165) is 26.2 Å². The van der Waals surface area contributed by atoms with Crippen molar-refractivity contribution < 1.29 is 9.72 Å². The summed E-state index contributed by atoms with van der Waals surface area (Å²) in [7, 11) is 2.03. The number of rotatable bonds is 5. The number of nitro benzene ring substituents is 1. The van der Waals surface area contributed by atoms with E-state index in [-0.39, 0.29) is 17.2 Å². The Bertz CT molecular complexity index is 856. The van der Waals surface area contributed by atoms with E-state index < -0.39 is 4.92 Å². The van der Waals surface area contributed by atoms with Gasteiger partial charge in [-0.3, -0.25) is 14.9 Å². The van der Waals surface area contributed by atoms with E-state index >= 15 is 0 Å². The van der Waals surface area contributed by atoms with Gasteiger partial charge >= 0.3 is 0 Å². The molecule has 0 spiro atoms. The molecule has 0 unspecified atom stereocenters. The molecule has 0 bridgehead atoms. The Kier molecular flexibility index (Phi) is 5.94. The van der Waals surface area contributed by atoms with Crippen LogP contribution in [0, 0.1) is 10.1 Å². The monoisotopic (exact) mass is 382 g/mol. The predicted molar refractivity (Wildman–Crippen MR) is 111 cm³/mol. The van der Waals surface area contributed by atoms with Crippen molar-refractivity contribution >= 4 is 23.0 Å². The zero-order valence-electron chi connectivity index (χ0n) is 16.5. The van der Waals surface area contributed by atoms with Crippen LogP contribution in [0.2, 0.25) is 0 Å². The molecule has 2 aromatic carbocycles. The number of nitro groups is 1. The standard InChI is InChI=1S/C21H26N4O3/c1-15(2)16-4-7-18(8-5-16)22-21(26)17-6-9-19(20(14-17)25(27)28)24-12-10-23(3)11-13-24/h4-9,14-15H,10-13H2,1-3H3,(H,22,26). The van der Waals surface area contributed by atoms with E-state index in [4.69, 9.17) is 0 Å². The molecule has 1 amide bonds. The first kappa shape index (κ1) is 19.8. The quantitative estimate of drug-likeness (QED) is 0.630. The number of nitrogens with zero attached hydrogens (tertiary/aromatic N) is 3. The lowest BCUT2D eigenvalue weighted by Crippen LogP contribution is -2.44. The van der Waals surface area contributed by atoms with Crippen molar-refractivity contribution in [3.8, 4) is 0 Å². The fourth-order valence-corrected chi connectivity index (χ4v) is 3.28. The summed E-state index contributed by atoms with van der Waals surface area (Å²) in [5.74, 6) is 0.0554. The first-order valence-corrected chi connectivity index (χ1v) is 9.48. The normalized spacial score (nSPS) is 14.9. The fourth-order valence-electron chi connectivity index (χ4n) is 3.28. The molecule has 1 saturated heterocycles. The van der Waals surface area contributed by atoms with Gasteiger partial charge in [-0.05, 0) is 42.8 Å². The van der Waals surface area contributed by atoms with E-state index in [2.05, 4.69) is 24.1 Å². The predicted octanol–water partition coefficient (Wildman–Crippen LogP) is 3.72. The highest BCUT2D eigenvalue weighted by molar-refractivity contribution is 6.05. The van der Waals surface area contributed by atoms with Gasteiger partial charge in [0.25, 0.3) is 11.6 Å². The van der Waals surface area contributed by atoms with Gasteiger partial charge < -0.3 is 15.1 Å². The van der Waals surface area contributed by atoms with Gasteiger partial charge in [-0.25, -0.2) is 0 Å². The van der Waals surface area contributed by atoms with Crippen LogP contribution in [0.1, 0.15) is 35.7 Å². The van der Waals surface area contributed by atoms with Gasteiger partial charge in [-0.15, -0.1) is 0 Å². The van der Waals surface area contributed by atoms with E-state index in [1.165, 1.54) is 11.6 Å². The molecule has 0 aromatic heterocycles. The highest BCUT2D eigenvalue weighted by atomic mass is 16.6. The Labute approximate surface area is 165 Å². The van der Waals surface area contributed by atoms with E-state index in [0.29, 0.717) is 17.3 Å². The number of hydrogen-bond donors (Lipinski definition) is 1. The number of carbonyl (C=O) groups excluding carboxylic acids is 1. The lowest BCUT2D eigenvalue weighted by atomic mass is 10.0. The molecule has 3 rings (SSSR count). The van der Waals surface area contributed by atoms with Crippen LogP contribution < -0.4 is 10.2 Å². The summed E-state index contributed by atoms with van der Waals surface area (Å²) >= 11 is 0. The summed E-state index contributed by atoms with van der Waals surface area (Å²) in [6.07, 6.45) is 0. The van der Waals surface area contributed by atoms with Crippen molar-refractivity contribution in [3.63, 3.8) is 0 Å². The Morgan fingerprint density at radius 2 is 1.71 bits per heavy atom. The van der Waals surface area contributed by atoms with Gasteiger partial charge in [0.05, 0.1) is 4.92 Å². The van der Waals surface area contributed by atoms with Crippen LogP contribution in [-0.2, 0) is 0 Å². The lowest BCUT2D eigenvalue weighted by Gasteiger charge is -2.33. The average Bonchev–Trinajstić information content (AvgIpc) is 2.68. The number of anilines is 2. The second-order valence-electron chi connectivity index (χ2n) is 7.48. The van der Waals surface area contributed by atoms with Gasteiger partial charge in [-0.1, -0.05) is 26.0 Å². The number of piperazine rings is 1. The van der Waals surface area contributed by atoms with E-state index in [1.54, 1.807) is 12.1 Å². The first-order valence-electron chi connectivity index (χ1n) is 9.48. The van der Waals surface area contributed by atoms with Gasteiger partial charge in [0.2, 0.25) is 0 Å². The summed E-state index contributed by atoms with van der Waals surface area (Å²) in [4.78, 5) is 28.0. The molecule has 148 valence electrons. The number of amides is 1. The summed E-state index contributed by atoms with van der Waals surface area (Å²) < 4.78 is 0. The third kappa shape index (κ3) is 4.48. The van der Waals surface area contributed by atoms with Gasteiger partial charge in [0.15, 0.2) is 0 Å². The number of carbonyl (C=O) groups is 1. The van der Waals surface area contributed by atoms with Crippen LogP contribution in [0.5, 0.6) is 0 Å². The smallest absolute Gasteiger partial charge is 0.293 e. The molecule has 0 aliphatic carbocycles. The Balaban J connectivity index is 1.79. The second kappa shape index (κ2) is 8.39. The summed E-state index contributed by atoms with van der Waals surface area (Å²) in [5.41, 5.74) is 2.66. The van der Waals surface area contributed by atoms with Crippen LogP contribution in [-0.4, -0.2) is 49.0 Å². The molecule has 1 N–H and O–H groups in total. The SMILES string of the molecule is CC(C)c1ccc(NC(=O)c2ccc(N3CCN(C)CC3)c([N+](=O)[O-])c2)cc1. The molecule has 1 heterocycles. The second-order valence-corrected chi connectivity index (χ2v) is 7.48. The van der Waals surface area contributed by atoms with Crippen LogP contribution >= 0.6 is 0 Å². The third-order valence-electron chi connectivity index (χ3n) is 5.11. The summed E-state index contributed by atoms with van der Waals surface area (Å²) in [5, 5.41) is 14.4. The molecule has 0 saturated carbocycles. The zero-order valence-corrected chi connectivity index (χ0v) is 16.5. The minimum atomic E-state index is -0.415. The highest BCUT2D eigenvalue weighted by Gasteiger charge is 2.24. The average molecular weight is 382 g/mol. The fraction of sp³-hybridized carbons (Fsp3) is 0.381. The van der Waals surface area contributed by atoms with Crippen molar-refractivity contribution in [2.45, 2.75) is 19.8 Å². The largest absolute Gasteiger partial charge is 0.363 e. The molecule has 0 atom stereocenters. The number of likely N-dealkylation sites (N-methyl/N-ethyl adjacent to an activating group) is 1. The van der Waals surface area contributed by atoms with E-state index in [9.17, 15) is 14.9 Å². The van der Waals surface area contributed by atoms with Crippen LogP contribution in [0.15, 0.2) is 42.5 Å². The Morgan fingerprint density at radius 1 is 1.07 bits per heavy atom. The molecule has 28 heavy (non-hydrogen) atoms. The number of benzene rings is 2. The maximum atomic E-state index is 12.6. The highest BCUT2D eigenvalue weighted by Crippen LogP contribution is 2.30. The van der Waals surface area contributed by atoms with Crippen LogP contribution in [0.3, 0.4) is 0 Å². The third-order valence-corrected chi connectivity index (χ3v) is 5.11. The Morgan fingerprint density at radius 3 is 2.29 bits per heavy atom. The molecule has 0 radical (unpaired) electrons. The molecule has 1 aliphatic rings. The van der Waals surface area contributed by atoms with Crippen molar-refractivity contribution in [1.82, 2.24) is 4.90 Å². The first-order chi connectivity index (χ1) is 13.3.